The summed E-state index contributed by atoms with van der Waals surface area (Å²) in [6.45, 7) is 2.62. The van der Waals surface area contributed by atoms with Crippen molar-refractivity contribution in [2.75, 3.05) is 20.8 Å². The third kappa shape index (κ3) is 4.23. The van der Waals surface area contributed by atoms with Crippen molar-refractivity contribution < 1.29 is 39.4 Å². The lowest BCUT2D eigenvalue weighted by Gasteiger charge is -2.45. The first-order valence-corrected chi connectivity index (χ1v) is 9.56. The molecular weight excluding hydrogens is 392 g/mol. The lowest BCUT2D eigenvalue weighted by molar-refractivity contribution is -0.314. The maximum atomic E-state index is 10.6. The molecule has 4 N–H and O–H groups in total. The van der Waals surface area contributed by atoms with E-state index in [9.17, 15) is 20.4 Å². The Morgan fingerprint density at radius 2 is 1.63 bits per heavy atom. The summed E-state index contributed by atoms with van der Waals surface area (Å²) in [6, 6.07) is 11.0. The molecule has 8 nitrogen and oxygen atoms in total. The molecule has 0 amide bonds. The third-order valence-electron chi connectivity index (χ3n) is 5.35. The van der Waals surface area contributed by atoms with Gasteiger partial charge in [0.05, 0.1) is 20.8 Å². The van der Waals surface area contributed by atoms with Crippen molar-refractivity contribution in [2.24, 2.45) is 0 Å². The second-order valence-corrected chi connectivity index (χ2v) is 7.55. The largest absolute Gasteiger partial charge is 0.497 e. The van der Waals surface area contributed by atoms with Gasteiger partial charge in [0, 0.05) is 6.07 Å². The summed E-state index contributed by atoms with van der Waals surface area (Å²) >= 11 is 0. The Bertz CT molecular complexity index is 859. The van der Waals surface area contributed by atoms with Crippen LogP contribution in [0.4, 0.5) is 0 Å². The van der Waals surface area contributed by atoms with Crippen LogP contribution in [0.3, 0.4) is 0 Å². The number of aliphatic hydroxyl groups is 4. The Morgan fingerprint density at radius 3 is 2.17 bits per heavy atom. The van der Waals surface area contributed by atoms with Crippen LogP contribution in [0.25, 0.3) is 11.1 Å². The molecule has 1 fully saturated rings. The molecule has 2 aromatic rings. The number of aryl methyl sites for hydroxylation is 1. The van der Waals surface area contributed by atoms with Crippen LogP contribution in [0.2, 0.25) is 0 Å². The molecule has 0 bridgehead atoms. The molecular formula is C22H28O8. The van der Waals surface area contributed by atoms with E-state index < -0.39 is 36.8 Å². The van der Waals surface area contributed by atoms with E-state index in [1.807, 2.05) is 31.2 Å². The van der Waals surface area contributed by atoms with Gasteiger partial charge in [0.25, 0.3) is 0 Å². The average Bonchev–Trinajstić information content (AvgIpc) is 2.75. The van der Waals surface area contributed by atoms with E-state index in [-0.39, 0.29) is 0 Å². The molecule has 1 aliphatic heterocycles. The molecule has 5 atom stereocenters. The van der Waals surface area contributed by atoms with Gasteiger partial charge in [-0.1, -0.05) is 6.07 Å². The smallest absolute Gasteiger partial charge is 0.231 e. The van der Waals surface area contributed by atoms with Gasteiger partial charge in [-0.2, -0.15) is 0 Å². The maximum Gasteiger partial charge on any atom is 0.231 e. The molecule has 0 aromatic heterocycles. The van der Waals surface area contributed by atoms with Crippen LogP contribution in [0, 0.1) is 6.92 Å². The second-order valence-electron chi connectivity index (χ2n) is 7.55. The Morgan fingerprint density at radius 1 is 1.00 bits per heavy atom. The first kappa shape index (κ1) is 22.3. The minimum absolute atomic E-state index is 0.430. The molecule has 1 saturated heterocycles. The highest BCUT2D eigenvalue weighted by Gasteiger charge is 2.53. The van der Waals surface area contributed by atoms with Crippen molar-refractivity contribution in [1.82, 2.24) is 0 Å². The summed E-state index contributed by atoms with van der Waals surface area (Å²) in [4.78, 5) is 0. The van der Waals surface area contributed by atoms with Gasteiger partial charge in [-0.05, 0) is 54.8 Å². The van der Waals surface area contributed by atoms with Crippen molar-refractivity contribution in [3.05, 3.63) is 42.0 Å². The van der Waals surface area contributed by atoms with Gasteiger partial charge in [-0.3, -0.25) is 0 Å². The molecule has 8 heteroatoms. The first-order chi connectivity index (χ1) is 14.2. The van der Waals surface area contributed by atoms with Crippen LogP contribution in [-0.4, -0.2) is 71.5 Å². The fourth-order valence-electron chi connectivity index (χ4n) is 3.41. The molecule has 30 heavy (non-hydrogen) atoms. The van der Waals surface area contributed by atoms with Gasteiger partial charge >= 0.3 is 0 Å². The van der Waals surface area contributed by atoms with Crippen LogP contribution in [0.15, 0.2) is 36.4 Å². The van der Waals surface area contributed by atoms with E-state index in [1.54, 1.807) is 26.4 Å². The van der Waals surface area contributed by atoms with Crippen molar-refractivity contribution >= 4 is 0 Å². The monoisotopic (exact) mass is 420 g/mol. The van der Waals surface area contributed by atoms with Crippen molar-refractivity contribution in [3.8, 4) is 28.4 Å². The van der Waals surface area contributed by atoms with Crippen molar-refractivity contribution in [3.63, 3.8) is 0 Å². The number of ether oxygens (including phenoxy) is 4. The highest BCUT2D eigenvalue weighted by Crippen LogP contribution is 2.35. The minimum Gasteiger partial charge on any atom is -0.497 e. The minimum atomic E-state index is -1.88. The van der Waals surface area contributed by atoms with Crippen molar-refractivity contribution in [1.29, 1.82) is 0 Å². The van der Waals surface area contributed by atoms with Crippen LogP contribution in [-0.2, 0) is 4.74 Å². The predicted octanol–water partition coefficient (Wildman–Crippen LogP) is 1.25. The molecule has 0 saturated carbocycles. The van der Waals surface area contributed by atoms with E-state index in [1.165, 1.54) is 6.92 Å². The van der Waals surface area contributed by atoms with Gasteiger partial charge in [0.15, 0.2) is 5.60 Å². The quantitative estimate of drug-likeness (QED) is 0.552. The molecule has 0 spiro atoms. The van der Waals surface area contributed by atoms with Gasteiger partial charge in [0.1, 0.15) is 35.6 Å². The highest BCUT2D eigenvalue weighted by atomic mass is 16.7. The molecule has 0 radical (unpaired) electrons. The number of rotatable bonds is 6. The van der Waals surface area contributed by atoms with Gasteiger partial charge in [-0.25, -0.2) is 0 Å². The Kier molecular flexibility index (Phi) is 6.54. The van der Waals surface area contributed by atoms with E-state index in [0.717, 1.165) is 16.7 Å². The molecule has 2 unspecified atom stereocenters. The Hall–Kier alpha value is -2.36. The van der Waals surface area contributed by atoms with Gasteiger partial charge in [-0.15, -0.1) is 0 Å². The van der Waals surface area contributed by atoms with Gasteiger partial charge < -0.3 is 39.4 Å². The SMILES string of the molecule is COc1cc(OC)cc(-c2ccc(O[C@H]3OC(CO)[C@@H](O)C(O)[C@]3(C)O)c(C)c2)c1. The number of hydrogen-bond acceptors (Lipinski definition) is 8. The fraction of sp³-hybridized carbons (Fsp3) is 0.455. The summed E-state index contributed by atoms with van der Waals surface area (Å²) in [5, 5.41) is 40.2. The molecule has 1 heterocycles. The Balaban J connectivity index is 1.87. The van der Waals surface area contributed by atoms with E-state index >= 15 is 0 Å². The standard InChI is InChI=1S/C22H28O8/c1-12-7-13(14-8-15(27-3)10-16(9-14)28-4)5-6-17(12)29-21-22(2,26)20(25)19(24)18(11-23)30-21/h5-10,18-21,23-26H,11H2,1-4H3/t18?,19-,20?,21+,22+/m1/s1. The summed E-state index contributed by atoms with van der Waals surface area (Å²) in [7, 11) is 3.17. The maximum absolute atomic E-state index is 10.6. The second kappa shape index (κ2) is 8.79. The topological polar surface area (TPSA) is 118 Å². The summed E-state index contributed by atoms with van der Waals surface area (Å²) < 4.78 is 22.0. The van der Waals surface area contributed by atoms with Gasteiger partial charge in [0.2, 0.25) is 6.29 Å². The number of methoxy groups -OCH3 is 2. The zero-order valence-corrected chi connectivity index (χ0v) is 17.4. The molecule has 164 valence electrons. The van der Waals surface area contributed by atoms with Crippen LogP contribution < -0.4 is 14.2 Å². The highest BCUT2D eigenvalue weighted by molar-refractivity contribution is 5.69. The molecule has 3 rings (SSSR count). The normalized spacial score (nSPS) is 28.8. The number of hydrogen-bond donors (Lipinski definition) is 4. The fourth-order valence-corrected chi connectivity index (χ4v) is 3.41. The summed E-state index contributed by atoms with van der Waals surface area (Å²) in [5.74, 6) is 1.76. The van der Waals surface area contributed by atoms with E-state index in [0.29, 0.717) is 17.2 Å². The zero-order valence-electron chi connectivity index (χ0n) is 17.4. The van der Waals surface area contributed by atoms with Crippen LogP contribution in [0.1, 0.15) is 12.5 Å². The summed E-state index contributed by atoms with van der Waals surface area (Å²) in [5.41, 5.74) is 0.670. The lowest BCUT2D eigenvalue weighted by Crippen LogP contribution is -2.66. The average molecular weight is 420 g/mol. The first-order valence-electron chi connectivity index (χ1n) is 9.56. The van der Waals surface area contributed by atoms with Crippen molar-refractivity contribution in [2.45, 2.75) is 44.1 Å². The van der Waals surface area contributed by atoms with E-state index in [4.69, 9.17) is 18.9 Å². The third-order valence-corrected chi connectivity index (χ3v) is 5.35. The number of aliphatic hydroxyl groups excluding tert-OH is 3. The Labute approximate surface area is 175 Å². The lowest BCUT2D eigenvalue weighted by atomic mass is 9.88. The van der Waals surface area contributed by atoms with Crippen LogP contribution in [0.5, 0.6) is 17.2 Å². The zero-order chi connectivity index (χ0) is 22.1. The molecule has 1 aliphatic rings. The number of benzene rings is 2. The summed E-state index contributed by atoms with van der Waals surface area (Å²) in [6.07, 6.45) is -5.34. The van der Waals surface area contributed by atoms with Crippen LogP contribution >= 0.6 is 0 Å². The predicted molar refractivity (Wildman–Crippen MR) is 109 cm³/mol. The van der Waals surface area contributed by atoms with E-state index in [2.05, 4.69) is 0 Å². The molecule has 0 aliphatic carbocycles. The molecule has 2 aromatic carbocycles.